The summed E-state index contributed by atoms with van der Waals surface area (Å²) in [6, 6.07) is 5.65. The van der Waals surface area contributed by atoms with Crippen molar-refractivity contribution in [2.75, 3.05) is 13.1 Å². The van der Waals surface area contributed by atoms with Crippen molar-refractivity contribution in [3.05, 3.63) is 35.6 Å². The summed E-state index contributed by atoms with van der Waals surface area (Å²) in [7, 11) is 0. The van der Waals surface area contributed by atoms with Crippen LogP contribution in [0.4, 0.5) is 4.39 Å². The van der Waals surface area contributed by atoms with Gasteiger partial charge >= 0.3 is 0 Å². The van der Waals surface area contributed by atoms with Crippen molar-refractivity contribution >= 4 is 11.8 Å². The van der Waals surface area contributed by atoms with Crippen LogP contribution in [0.25, 0.3) is 0 Å². The molecule has 1 aromatic rings. The number of hydrogen-bond donors (Lipinski definition) is 0. The average molecular weight is 290 g/mol. The van der Waals surface area contributed by atoms with E-state index in [1.54, 1.807) is 30.0 Å². The first-order valence-electron chi connectivity index (χ1n) is 7.44. The second-order valence-corrected chi connectivity index (χ2v) is 5.76. The smallest absolute Gasteiger partial charge is 0.246 e. The number of piperazine rings is 1. The van der Waals surface area contributed by atoms with Crippen molar-refractivity contribution in [3.63, 3.8) is 0 Å². The molecule has 2 fully saturated rings. The molecule has 2 amide bonds. The minimum absolute atomic E-state index is 0.0255. The SMILES string of the molecule is CC(c1ccccc1F)N1CC(=O)N2CCCCC2C1=O. The number of amides is 2. The van der Waals surface area contributed by atoms with Gasteiger partial charge < -0.3 is 9.80 Å². The van der Waals surface area contributed by atoms with Crippen molar-refractivity contribution in [3.8, 4) is 0 Å². The van der Waals surface area contributed by atoms with Gasteiger partial charge in [-0.3, -0.25) is 9.59 Å². The number of rotatable bonds is 2. The van der Waals surface area contributed by atoms with Crippen molar-refractivity contribution in [1.29, 1.82) is 0 Å². The van der Waals surface area contributed by atoms with Gasteiger partial charge in [0.15, 0.2) is 0 Å². The second-order valence-electron chi connectivity index (χ2n) is 5.76. The van der Waals surface area contributed by atoms with E-state index in [0.29, 0.717) is 18.5 Å². The Balaban J connectivity index is 1.87. The monoisotopic (exact) mass is 290 g/mol. The standard InChI is InChI=1S/C16H19FN2O2/c1-11(12-6-2-3-7-13(12)17)19-10-15(20)18-9-5-4-8-14(18)16(19)21/h2-3,6-7,11,14H,4-5,8-10H2,1H3. The molecule has 2 aliphatic rings. The fourth-order valence-corrected chi connectivity index (χ4v) is 3.30. The molecule has 1 aromatic carbocycles. The van der Waals surface area contributed by atoms with Gasteiger partial charge in [0, 0.05) is 12.1 Å². The molecule has 2 aliphatic heterocycles. The predicted octanol–water partition coefficient (Wildman–Crippen LogP) is 2.11. The van der Waals surface area contributed by atoms with Crippen LogP contribution in [-0.4, -0.2) is 40.7 Å². The van der Waals surface area contributed by atoms with E-state index < -0.39 is 6.04 Å². The molecule has 0 N–H and O–H groups in total. The van der Waals surface area contributed by atoms with Crippen LogP contribution in [0.3, 0.4) is 0 Å². The number of hydrogen-bond acceptors (Lipinski definition) is 2. The molecule has 112 valence electrons. The Bertz CT molecular complexity index is 575. The van der Waals surface area contributed by atoms with Crippen LogP contribution in [0.15, 0.2) is 24.3 Å². The lowest BCUT2D eigenvalue weighted by Gasteiger charge is -2.44. The van der Waals surface area contributed by atoms with Crippen LogP contribution in [0.5, 0.6) is 0 Å². The molecule has 0 spiro atoms. The van der Waals surface area contributed by atoms with Crippen LogP contribution < -0.4 is 0 Å². The van der Waals surface area contributed by atoms with Crippen LogP contribution >= 0.6 is 0 Å². The molecule has 2 heterocycles. The second kappa shape index (κ2) is 5.47. The van der Waals surface area contributed by atoms with Gasteiger partial charge in [0.05, 0.1) is 6.04 Å². The molecule has 21 heavy (non-hydrogen) atoms. The zero-order chi connectivity index (χ0) is 15.0. The van der Waals surface area contributed by atoms with Crippen molar-refractivity contribution in [2.45, 2.75) is 38.3 Å². The highest BCUT2D eigenvalue weighted by atomic mass is 19.1. The van der Waals surface area contributed by atoms with Gasteiger partial charge in [-0.2, -0.15) is 0 Å². The van der Waals surface area contributed by atoms with Crippen molar-refractivity contribution in [1.82, 2.24) is 9.80 Å². The van der Waals surface area contributed by atoms with Gasteiger partial charge in [0.2, 0.25) is 11.8 Å². The third-order valence-electron chi connectivity index (χ3n) is 4.52. The van der Waals surface area contributed by atoms with E-state index >= 15 is 0 Å². The summed E-state index contributed by atoms with van der Waals surface area (Å²) in [5.41, 5.74) is 0.461. The van der Waals surface area contributed by atoms with Gasteiger partial charge in [-0.15, -0.1) is 0 Å². The third-order valence-corrected chi connectivity index (χ3v) is 4.52. The Hall–Kier alpha value is -1.91. The lowest BCUT2D eigenvalue weighted by molar-refractivity contribution is -0.159. The van der Waals surface area contributed by atoms with Crippen molar-refractivity contribution < 1.29 is 14.0 Å². The molecule has 0 radical (unpaired) electrons. The molecule has 0 saturated carbocycles. The maximum Gasteiger partial charge on any atom is 0.246 e. The number of nitrogens with zero attached hydrogens (tertiary/aromatic N) is 2. The van der Waals surface area contributed by atoms with Crippen LogP contribution in [0.2, 0.25) is 0 Å². The number of carbonyl (C=O) groups is 2. The Kier molecular flexibility index (Phi) is 3.66. The topological polar surface area (TPSA) is 40.6 Å². The van der Waals surface area contributed by atoms with Gasteiger partial charge in [0.1, 0.15) is 18.4 Å². The zero-order valence-corrected chi connectivity index (χ0v) is 12.1. The Morgan fingerprint density at radius 2 is 2.00 bits per heavy atom. The fourth-order valence-electron chi connectivity index (χ4n) is 3.30. The molecule has 0 aromatic heterocycles. The van der Waals surface area contributed by atoms with Gasteiger partial charge in [-0.25, -0.2) is 4.39 Å². The predicted molar refractivity (Wildman–Crippen MR) is 75.9 cm³/mol. The number of carbonyl (C=O) groups excluding carboxylic acids is 2. The number of fused-ring (bicyclic) bond motifs is 1. The lowest BCUT2D eigenvalue weighted by atomic mass is 9.96. The van der Waals surface area contributed by atoms with Crippen LogP contribution in [0, 0.1) is 5.82 Å². The third kappa shape index (κ3) is 2.41. The molecule has 2 saturated heterocycles. The lowest BCUT2D eigenvalue weighted by Crippen LogP contribution is -2.61. The summed E-state index contributed by atoms with van der Waals surface area (Å²) in [6.07, 6.45) is 2.63. The molecule has 2 unspecified atom stereocenters. The molecular weight excluding hydrogens is 271 g/mol. The Morgan fingerprint density at radius 1 is 1.24 bits per heavy atom. The maximum atomic E-state index is 13.9. The van der Waals surface area contributed by atoms with Crippen LogP contribution in [0.1, 0.15) is 37.8 Å². The van der Waals surface area contributed by atoms with E-state index in [-0.39, 0.29) is 30.2 Å². The first-order valence-corrected chi connectivity index (χ1v) is 7.44. The van der Waals surface area contributed by atoms with E-state index in [1.165, 1.54) is 11.0 Å². The minimum atomic E-state index is -0.424. The largest absolute Gasteiger partial charge is 0.329 e. The highest BCUT2D eigenvalue weighted by Gasteiger charge is 2.42. The summed E-state index contributed by atoms with van der Waals surface area (Å²) >= 11 is 0. The fraction of sp³-hybridized carbons (Fsp3) is 0.500. The summed E-state index contributed by atoms with van der Waals surface area (Å²) in [5.74, 6) is -0.413. The molecular formula is C16H19FN2O2. The van der Waals surface area contributed by atoms with Gasteiger partial charge in [0.25, 0.3) is 0 Å². The van der Waals surface area contributed by atoms with E-state index in [4.69, 9.17) is 0 Å². The number of piperidine rings is 1. The average Bonchev–Trinajstić information content (AvgIpc) is 2.51. The molecule has 3 rings (SSSR count). The highest BCUT2D eigenvalue weighted by molar-refractivity contribution is 5.95. The normalized spacial score (nSPS) is 24.0. The van der Waals surface area contributed by atoms with Crippen LogP contribution in [-0.2, 0) is 9.59 Å². The molecule has 0 bridgehead atoms. The van der Waals surface area contributed by atoms with E-state index in [1.807, 2.05) is 0 Å². The Labute approximate surface area is 123 Å². The summed E-state index contributed by atoms with van der Waals surface area (Å²) in [4.78, 5) is 28.1. The first-order chi connectivity index (χ1) is 10.1. The minimum Gasteiger partial charge on any atom is -0.329 e. The summed E-state index contributed by atoms with van der Waals surface area (Å²) in [5, 5.41) is 0. The van der Waals surface area contributed by atoms with Gasteiger partial charge in [-0.1, -0.05) is 18.2 Å². The molecule has 4 nitrogen and oxygen atoms in total. The number of benzene rings is 1. The number of halogens is 1. The summed E-state index contributed by atoms with van der Waals surface area (Å²) in [6.45, 7) is 2.49. The Morgan fingerprint density at radius 3 is 2.76 bits per heavy atom. The quantitative estimate of drug-likeness (QED) is 0.837. The molecule has 2 atom stereocenters. The van der Waals surface area contributed by atoms with E-state index in [0.717, 1.165) is 12.8 Å². The van der Waals surface area contributed by atoms with Gasteiger partial charge in [-0.05, 0) is 32.3 Å². The van der Waals surface area contributed by atoms with E-state index in [9.17, 15) is 14.0 Å². The first kappa shape index (κ1) is 14.0. The zero-order valence-electron chi connectivity index (χ0n) is 12.1. The molecule has 0 aliphatic carbocycles. The maximum absolute atomic E-state index is 13.9. The van der Waals surface area contributed by atoms with E-state index in [2.05, 4.69) is 0 Å². The van der Waals surface area contributed by atoms with Crippen molar-refractivity contribution in [2.24, 2.45) is 0 Å². The molecule has 5 heteroatoms. The summed E-state index contributed by atoms with van der Waals surface area (Å²) < 4.78 is 13.9. The highest BCUT2D eigenvalue weighted by Crippen LogP contribution is 2.30.